The van der Waals surface area contributed by atoms with Gasteiger partial charge in [0.2, 0.25) is 5.91 Å². The van der Waals surface area contributed by atoms with Crippen LogP contribution in [-0.4, -0.2) is 36.7 Å². The SMILES string of the molecule is O=C(CCl)NC1CC2CCC(C1)S2(=O)=O. The first-order valence-electron chi connectivity index (χ1n) is 5.12. The van der Waals surface area contributed by atoms with Gasteiger partial charge in [0, 0.05) is 6.04 Å². The molecule has 2 bridgehead atoms. The molecule has 2 rings (SSSR count). The fourth-order valence-corrected chi connectivity index (χ4v) is 5.14. The number of amides is 1. The maximum absolute atomic E-state index is 11.7. The number of carbonyl (C=O) groups excluding carboxylic acids is 1. The number of fused-ring (bicyclic) bond motifs is 2. The van der Waals surface area contributed by atoms with E-state index < -0.39 is 9.84 Å². The van der Waals surface area contributed by atoms with Crippen molar-refractivity contribution in [3.05, 3.63) is 0 Å². The van der Waals surface area contributed by atoms with Crippen LogP contribution in [0.3, 0.4) is 0 Å². The average molecular weight is 252 g/mol. The molecule has 15 heavy (non-hydrogen) atoms. The van der Waals surface area contributed by atoms with Crippen LogP contribution in [-0.2, 0) is 14.6 Å². The lowest BCUT2D eigenvalue weighted by Gasteiger charge is -2.28. The van der Waals surface area contributed by atoms with Crippen LogP contribution in [0.25, 0.3) is 0 Å². The molecule has 86 valence electrons. The van der Waals surface area contributed by atoms with Crippen molar-refractivity contribution in [2.24, 2.45) is 0 Å². The molecule has 2 unspecified atom stereocenters. The minimum atomic E-state index is -2.89. The summed E-state index contributed by atoms with van der Waals surface area (Å²) in [5.74, 6) is -0.265. The highest BCUT2D eigenvalue weighted by atomic mass is 35.5. The molecular weight excluding hydrogens is 238 g/mol. The maximum atomic E-state index is 11.7. The molecule has 0 saturated carbocycles. The molecule has 0 aromatic heterocycles. The second-order valence-electron chi connectivity index (χ2n) is 4.28. The van der Waals surface area contributed by atoms with E-state index in [9.17, 15) is 13.2 Å². The summed E-state index contributed by atoms with van der Waals surface area (Å²) in [5, 5.41) is 2.29. The van der Waals surface area contributed by atoms with Gasteiger partial charge in [-0.15, -0.1) is 11.6 Å². The van der Waals surface area contributed by atoms with E-state index >= 15 is 0 Å². The van der Waals surface area contributed by atoms with Crippen LogP contribution < -0.4 is 5.32 Å². The smallest absolute Gasteiger partial charge is 0.235 e. The number of rotatable bonds is 2. The molecule has 2 atom stereocenters. The number of alkyl halides is 1. The van der Waals surface area contributed by atoms with Crippen molar-refractivity contribution in [1.29, 1.82) is 0 Å². The summed E-state index contributed by atoms with van der Waals surface area (Å²) in [6.07, 6.45) is 2.61. The van der Waals surface area contributed by atoms with Crippen LogP contribution in [0.2, 0.25) is 0 Å². The van der Waals surface area contributed by atoms with E-state index in [1.165, 1.54) is 0 Å². The van der Waals surface area contributed by atoms with E-state index in [1.54, 1.807) is 0 Å². The van der Waals surface area contributed by atoms with E-state index in [0.29, 0.717) is 12.8 Å². The summed E-state index contributed by atoms with van der Waals surface area (Å²) in [5.41, 5.74) is 0. The molecule has 2 fully saturated rings. The van der Waals surface area contributed by atoms with E-state index in [4.69, 9.17) is 11.6 Å². The minimum absolute atomic E-state index is 0.00252. The van der Waals surface area contributed by atoms with Gasteiger partial charge in [-0.05, 0) is 25.7 Å². The third-order valence-corrected chi connectivity index (χ3v) is 6.28. The lowest BCUT2D eigenvalue weighted by molar-refractivity contribution is -0.119. The highest BCUT2D eigenvalue weighted by Gasteiger charge is 2.46. The standard InChI is InChI=1S/C9H14ClNO3S/c10-5-9(12)11-6-3-7-1-2-8(4-6)15(7,13)14/h6-8H,1-5H2,(H,11,12). The Morgan fingerprint density at radius 1 is 1.27 bits per heavy atom. The molecule has 2 heterocycles. The van der Waals surface area contributed by atoms with Crippen molar-refractivity contribution in [1.82, 2.24) is 5.32 Å². The van der Waals surface area contributed by atoms with Gasteiger partial charge in [-0.3, -0.25) is 4.79 Å². The summed E-state index contributed by atoms with van der Waals surface area (Å²) >= 11 is 5.39. The zero-order chi connectivity index (χ0) is 11.1. The Hall–Kier alpha value is -0.290. The third-order valence-electron chi connectivity index (χ3n) is 3.32. The Morgan fingerprint density at radius 2 is 1.80 bits per heavy atom. The lowest BCUT2D eigenvalue weighted by Crippen LogP contribution is -2.45. The molecule has 0 aromatic carbocycles. The van der Waals surface area contributed by atoms with Crippen molar-refractivity contribution in [2.45, 2.75) is 42.2 Å². The van der Waals surface area contributed by atoms with Crippen LogP contribution in [0.1, 0.15) is 25.7 Å². The van der Waals surface area contributed by atoms with Gasteiger partial charge < -0.3 is 5.32 Å². The van der Waals surface area contributed by atoms with Crippen LogP contribution in [0.5, 0.6) is 0 Å². The fraction of sp³-hybridized carbons (Fsp3) is 0.889. The summed E-state index contributed by atoms with van der Waals surface area (Å²) in [4.78, 5) is 11.1. The average Bonchev–Trinajstić information content (AvgIpc) is 2.42. The molecule has 2 aliphatic heterocycles. The second-order valence-corrected chi connectivity index (χ2v) is 7.06. The Bertz CT molecular complexity index is 348. The molecule has 6 heteroatoms. The first kappa shape index (κ1) is 11.2. The Labute approximate surface area is 94.3 Å². The summed E-state index contributed by atoms with van der Waals surface area (Å²) in [6.45, 7) is 0. The van der Waals surface area contributed by atoms with Crippen molar-refractivity contribution in [3.63, 3.8) is 0 Å². The van der Waals surface area contributed by atoms with Crippen molar-refractivity contribution in [3.8, 4) is 0 Å². The van der Waals surface area contributed by atoms with Crippen LogP contribution in [0.15, 0.2) is 0 Å². The topological polar surface area (TPSA) is 63.2 Å². The molecule has 4 nitrogen and oxygen atoms in total. The van der Waals surface area contributed by atoms with Gasteiger partial charge in [0.25, 0.3) is 0 Å². The molecule has 2 aliphatic rings. The molecular formula is C9H14ClNO3S. The van der Waals surface area contributed by atoms with Gasteiger partial charge in [0.1, 0.15) is 5.88 Å². The summed E-state index contributed by atoms with van der Waals surface area (Å²) in [7, 11) is -2.89. The molecule has 0 spiro atoms. The Balaban J connectivity index is 2.03. The number of sulfone groups is 1. The van der Waals surface area contributed by atoms with Gasteiger partial charge in [0.05, 0.1) is 10.5 Å². The molecule has 0 aliphatic carbocycles. The van der Waals surface area contributed by atoms with Gasteiger partial charge in [-0.25, -0.2) is 8.42 Å². The minimum Gasteiger partial charge on any atom is -0.352 e. The van der Waals surface area contributed by atoms with Crippen molar-refractivity contribution in [2.75, 3.05) is 5.88 Å². The highest BCUT2D eigenvalue weighted by molar-refractivity contribution is 7.93. The van der Waals surface area contributed by atoms with Crippen LogP contribution in [0, 0.1) is 0 Å². The zero-order valence-electron chi connectivity index (χ0n) is 8.28. The number of halogens is 1. The monoisotopic (exact) mass is 251 g/mol. The number of hydrogen-bond acceptors (Lipinski definition) is 3. The number of nitrogens with one attached hydrogen (secondary N) is 1. The first-order chi connectivity index (χ1) is 7.04. The third kappa shape index (κ3) is 1.99. The molecule has 2 saturated heterocycles. The normalized spacial score (nSPS) is 37.5. The second kappa shape index (κ2) is 3.94. The van der Waals surface area contributed by atoms with E-state index in [-0.39, 0.29) is 28.3 Å². The van der Waals surface area contributed by atoms with Gasteiger partial charge in [-0.1, -0.05) is 0 Å². The predicted octanol–water partition coefficient (Wildman–Crippen LogP) is 0.450. The molecule has 0 aromatic rings. The van der Waals surface area contributed by atoms with Gasteiger partial charge in [0.15, 0.2) is 9.84 Å². The van der Waals surface area contributed by atoms with Crippen molar-refractivity contribution < 1.29 is 13.2 Å². The molecule has 0 radical (unpaired) electrons. The van der Waals surface area contributed by atoms with Crippen molar-refractivity contribution >= 4 is 27.3 Å². The largest absolute Gasteiger partial charge is 0.352 e. The Kier molecular flexibility index (Phi) is 2.94. The predicted molar refractivity (Wildman–Crippen MR) is 57.6 cm³/mol. The van der Waals surface area contributed by atoms with E-state index in [0.717, 1.165) is 12.8 Å². The quantitative estimate of drug-likeness (QED) is 0.725. The summed E-state index contributed by atoms with van der Waals surface area (Å²) < 4.78 is 23.5. The lowest BCUT2D eigenvalue weighted by atomic mass is 10.1. The maximum Gasteiger partial charge on any atom is 0.235 e. The molecule has 1 N–H and O–H groups in total. The number of hydrogen-bond donors (Lipinski definition) is 1. The number of carbonyl (C=O) groups is 1. The molecule has 1 amide bonds. The highest BCUT2D eigenvalue weighted by Crippen LogP contribution is 2.38. The Morgan fingerprint density at radius 3 is 2.27 bits per heavy atom. The zero-order valence-corrected chi connectivity index (χ0v) is 9.85. The van der Waals surface area contributed by atoms with Gasteiger partial charge >= 0.3 is 0 Å². The van der Waals surface area contributed by atoms with E-state index in [1.807, 2.05) is 0 Å². The van der Waals surface area contributed by atoms with Crippen LogP contribution >= 0.6 is 11.6 Å². The fourth-order valence-electron chi connectivity index (χ4n) is 2.59. The summed E-state index contributed by atoms with van der Waals surface area (Å²) in [6, 6.07) is -0.00252. The van der Waals surface area contributed by atoms with E-state index in [2.05, 4.69) is 5.32 Å². The first-order valence-corrected chi connectivity index (χ1v) is 7.26. The van der Waals surface area contributed by atoms with Crippen LogP contribution in [0.4, 0.5) is 0 Å². The van der Waals surface area contributed by atoms with Gasteiger partial charge in [-0.2, -0.15) is 0 Å².